The van der Waals surface area contributed by atoms with Crippen molar-refractivity contribution in [3.05, 3.63) is 42.1 Å². The quantitative estimate of drug-likeness (QED) is 0.632. The zero-order valence-electron chi connectivity index (χ0n) is 9.25. The molecular weight excluding hydrogens is 218 g/mol. The number of hydrogen-bond donors (Lipinski definition) is 1. The maximum absolute atomic E-state index is 10.7. The number of benzene rings is 1. The maximum Gasteiger partial charge on any atom is 0.427 e. The molecule has 1 heterocycles. The molecule has 0 spiro atoms. The number of rotatable bonds is 2. The van der Waals surface area contributed by atoms with Gasteiger partial charge in [-0.05, 0) is 12.1 Å². The summed E-state index contributed by atoms with van der Waals surface area (Å²) >= 11 is 0. The lowest BCUT2D eigenvalue weighted by molar-refractivity contribution is 0.171. The van der Waals surface area contributed by atoms with Gasteiger partial charge in [0.15, 0.2) is 0 Å². The van der Waals surface area contributed by atoms with Gasteiger partial charge >= 0.3 is 6.09 Å². The zero-order valence-corrected chi connectivity index (χ0v) is 9.25. The molecule has 0 atom stereocenters. The SMILES string of the molecule is COC(=O)NN=Cc1ccc2ccccc2n1. The minimum Gasteiger partial charge on any atom is -0.452 e. The van der Waals surface area contributed by atoms with Crippen LogP contribution in [-0.2, 0) is 4.74 Å². The van der Waals surface area contributed by atoms with Crippen LogP contribution >= 0.6 is 0 Å². The highest BCUT2D eigenvalue weighted by Gasteiger charge is 1.96. The van der Waals surface area contributed by atoms with Crippen LogP contribution in [0, 0.1) is 0 Å². The second kappa shape index (κ2) is 5.07. The molecule has 5 nitrogen and oxygen atoms in total. The van der Waals surface area contributed by atoms with Crippen LogP contribution in [-0.4, -0.2) is 24.4 Å². The molecule has 0 fully saturated rings. The molecule has 2 rings (SSSR count). The maximum atomic E-state index is 10.7. The Morgan fingerprint density at radius 1 is 1.35 bits per heavy atom. The van der Waals surface area contributed by atoms with Crippen molar-refractivity contribution in [3.8, 4) is 0 Å². The molecule has 0 aliphatic carbocycles. The number of ether oxygens (including phenoxy) is 1. The van der Waals surface area contributed by atoms with Crippen molar-refractivity contribution in [2.24, 2.45) is 5.10 Å². The molecule has 0 saturated carbocycles. The molecule has 1 aromatic carbocycles. The molecule has 1 aromatic heterocycles. The summed E-state index contributed by atoms with van der Waals surface area (Å²) in [7, 11) is 1.28. The van der Waals surface area contributed by atoms with E-state index in [0.29, 0.717) is 5.69 Å². The molecule has 2 aromatic rings. The van der Waals surface area contributed by atoms with Crippen LogP contribution in [0.2, 0.25) is 0 Å². The summed E-state index contributed by atoms with van der Waals surface area (Å²) in [4.78, 5) is 15.1. The normalized spacial score (nSPS) is 10.6. The molecule has 0 unspecified atom stereocenters. The van der Waals surface area contributed by atoms with Crippen molar-refractivity contribution >= 4 is 23.2 Å². The number of para-hydroxylation sites is 1. The summed E-state index contributed by atoms with van der Waals surface area (Å²) < 4.78 is 4.37. The predicted octanol–water partition coefficient (Wildman–Crippen LogP) is 1.92. The molecule has 86 valence electrons. The summed E-state index contributed by atoms with van der Waals surface area (Å²) in [5, 5.41) is 4.77. The Labute approximate surface area is 98.1 Å². The Morgan fingerprint density at radius 2 is 2.18 bits per heavy atom. The van der Waals surface area contributed by atoms with E-state index < -0.39 is 6.09 Å². The molecular formula is C12H11N3O2. The van der Waals surface area contributed by atoms with Crippen LogP contribution in [0.15, 0.2) is 41.5 Å². The third-order valence-corrected chi connectivity index (χ3v) is 2.16. The average Bonchev–Trinajstić information content (AvgIpc) is 2.38. The van der Waals surface area contributed by atoms with Gasteiger partial charge in [-0.1, -0.05) is 24.3 Å². The fourth-order valence-electron chi connectivity index (χ4n) is 1.35. The summed E-state index contributed by atoms with van der Waals surface area (Å²) in [6, 6.07) is 11.5. The van der Waals surface area contributed by atoms with Crippen LogP contribution < -0.4 is 5.43 Å². The third kappa shape index (κ3) is 2.78. The first-order valence-corrected chi connectivity index (χ1v) is 5.02. The topological polar surface area (TPSA) is 63.6 Å². The second-order valence-electron chi connectivity index (χ2n) is 3.29. The lowest BCUT2D eigenvalue weighted by atomic mass is 10.2. The lowest BCUT2D eigenvalue weighted by Crippen LogP contribution is -2.16. The van der Waals surface area contributed by atoms with Gasteiger partial charge in [0.2, 0.25) is 0 Å². The van der Waals surface area contributed by atoms with Crippen LogP contribution in [0.25, 0.3) is 10.9 Å². The minimum absolute atomic E-state index is 0.609. The van der Waals surface area contributed by atoms with E-state index in [-0.39, 0.29) is 0 Å². The van der Waals surface area contributed by atoms with Gasteiger partial charge in [0.1, 0.15) is 0 Å². The van der Waals surface area contributed by atoms with Crippen molar-refractivity contribution in [1.29, 1.82) is 0 Å². The van der Waals surface area contributed by atoms with Gasteiger partial charge in [0.05, 0.1) is 24.5 Å². The van der Waals surface area contributed by atoms with Gasteiger partial charge in [-0.25, -0.2) is 15.2 Å². The molecule has 0 aliphatic rings. The summed E-state index contributed by atoms with van der Waals surface area (Å²) in [6.45, 7) is 0. The highest BCUT2D eigenvalue weighted by molar-refractivity contribution is 5.85. The Hall–Kier alpha value is -2.43. The fraction of sp³-hybridized carbons (Fsp3) is 0.0833. The van der Waals surface area contributed by atoms with E-state index in [1.807, 2.05) is 36.4 Å². The number of hydrogen-bond acceptors (Lipinski definition) is 4. The number of aromatic nitrogens is 1. The summed E-state index contributed by atoms with van der Waals surface area (Å²) in [6.07, 6.45) is 0.852. The molecule has 17 heavy (non-hydrogen) atoms. The van der Waals surface area contributed by atoms with E-state index in [9.17, 15) is 4.79 Å². The van der Waals surface area contributed by atoms with E-state index in [2.05, 4.69) is 20.2 Å². The van der Waals surface area contributed by atoms with E-state index in [0.717, 1.165) is 10.9 Å². The van der Waals surface area contributed by atoms with Crippen molar-refractivity contribution < 1.29 is 9.53 Å². The van der Waals surface area contributed by atoms with Crippen molar-refractivity contribution in [2.45, 2.75) is 0 Å². The first-order valence-electron chi connectivity index (χ1n) is 5.02. The number of amides is 1. The molecule has 5 heteroatoms. The Morgan fingerprint density at radius 3 is 3.00 bits per heavy atom. The van der Waals surface area contributed by atoms with Crippen molar-refractivity contribution in [2.75, 3.05) is 7.11 Å². The standard InChI is InChI=1S/C12H11N3O2/c1-17-12(16)15-13-8-10-7-6-9-4-2-3-5-11(9)14-10/h2-8H,1H3,(H,15,16). The number of methoxy groups -OCH3 is 1. The summed E-state index contributed by atoms with van der Waals surface area (Å²) in [5.41, 5.74) is 3.75. The van der Waals surface area contributed by atoms with E-state index in [1.165, 1.54) is 13.3 Å². The first kappa shape index (κ1) is 11.1. The number of nitrogens with zero attached hydrogens (tertiary/aromatic N) is 2. The lowest BCUT2D eigenvalue weighted by Gasteiger charge is -1.98. The zero-order chi connectivity index (χ0) is 12.1. The molecule has 1 amide bonds. The Balaban J connectivity index is 2.16. The molecule has 0 bridgehead atoms. The van der Waals surface area contributed by atoms with Gasteiger partial charge in [-0.3, -0.25) is 0 Å². The van der Waals surface area contributed by atoms with Gasteiger partial charge < -0.3 is 4.74 Å². The number of carbonyl (C=O) groups excluding carboxylic acids is 1. The number of fused-ring (bicyclic) bond motifs is 1. The van der Waals surface area contributed by atoms with Gasteiger partial charge in [-0.15, -0.1) is 0 Å². The smallest absolute Gasteiger partial charge is 0.427 e. The van der Waals surface area contributed by atoms with Crippen molar-refractivity contribution in [1.82, 2.24) is 10.4 Å². The van der Waals surface area contributed by atoms with Crippen molar-refractivity contribution in [3.63, 3.8) is 0 Å². The van der Waals surface area contributed by atoms with E-state index in [1.54, 1.807) is 0 Å². The van der Waals surface area contributed by atoms with Gasteiger partial charge in [-0.2, -0.15) is 5.10 Å². The number of carbonyl (C=O) groups is 1. The minimum atomic E-state index is -0.609. The molecule has 0 aliphatic heterocycles. The third-order valence-electron chi connectivity index (χ3n) is 2.16. The molecule has 0 saturated heterocycles. The Bertz CT molecular complexity index is 566. The molecule has 0 radical (unpaired) electrons. The molecule has 1 N–H and O–H groups in total. The number of hydrazone groups is 1. The largest absolute Gasteiger partial charge is 0.452 e. The monoisotopic (exact) mass is 229 g/mol. The highest BCUT2D eigenvalue weighted by atomic mass is 16.5. The number of pyridine rings is 1. The van der Waals surface area contributed by atoms with Crippen LogP contribution in [0.5, 0.6) is 0 Å². The number of nitrogens with one attached hydrogen (secondary N) is 1. The second-order valence-corrected chi connectivity index (χ2v) is 3.29. The first-order chi connectivity index (χ1) is 8.29. The fourth-order valence-corrected chi connectivity index (χ4v) is 1.35. The van der Waals surface area contributed by atoms with E-state index in [4.69, 9.17) is 0 Å². The highest BCUT2D eigenvalue weighted by Crippen LogP contribution is 2.10. The van der Waals surface area contributed by atoms with Crippen LogP contribution in [0.1, 0.15) is 5.69 Å². The summed E-state index contributed by atoms with van der Waals surface area (Å²) in [5.74, 6) is 0. The Kier molecular flexibility index (Phi) is 3.30. The van der Waals surface area contributed by atoms with Gasteiger partial charge in [0, 0.05) is 5.39 Å². The van der Waals surface area contributed by atoms with Crippen LogP contribution in [0.3, 0.4) is 0 Å². The van der Waals surface area contributed by atoms with Gasteiger partial charge in [0.25, 0.3) is 0 Å². The predicted molar refractivity (Wildman–Crippen MR) is 64.9 cm³/mol. The van der Waals surface area contributed by atoms with Crippen LogP contribution in [0.4, 0.5) is 4.79 Å². The average molecular weight is 229 g/mol. The van der Waals surface area contributed by atoms with E-state index >= 15 is 0 Å².